The average Bonchev–Trinajstić information content (AvgIpc) is 3.14. The predicted molar refractivity (Wildman–Crippen MR) is 86.6 cm³/mol. The Morgan fingerprint density at radius 1 is 1.36 bits per heavy atom. The molecule has 1 aromatic heterocycles. The van der Waals surface area contributed by atoms with Crippen LogP contribution in [0.3, 0.4) is 0 Å². The van der Waals surface area contributed by atoms with Crippen LogP contribution in [0.1, 0.15) is 17.2 Å². The monoisotopic (exact) mass is 340 g/mol. The fourth-order valence-electron chi connectivity index (χ4n) is 2.74. The van der Waals surface area contributed by atoms with E-state index >= 15 is 0 Å². The highest BCUT2D eigenvalue weighted by Crippen LogP contribution is 2.42. The summed E-state index contributed by atoms with van der Waals surface area (Å²) < 4.78 is 18.9. The second-order valence-corrected chi connectivity index (χ2v) is 5.25. The molecule has 1 aliphatic heterocycles. The average molecular weight is 340 g/mol. The molecule has 0 fully saturated rings. The third-order valence-corrected chi connectivity index (χ3v) is 3.83. The van der Waals surface area contributed by atoms with Gasteiger partial charge in [-0.3, -0.25) is 10.1 Å². The summed E-state index contributed by atoms with van der Waals surface area (Å²) in [4.78, 5) is 14.0. The summed E-state index contributed by atoms with van der Waals surface area (Å²) in [5.41, 5.74) is 0.698. The van der Waals surface area contributed by atoms with Crippen molar-refractivity contribution >= 4 is 5.76 Å². The first-order chi connectivity index (χ1) is 12.1. The number of allylic oxidation sites excluding steroid dienone is 1. The molecule has 0 spiro atoms. The number of rotatable bonds is 4. The Kier molecular flexibility index (Phi) is 4.22. The zero-order chi connectivity index (χ0) is 18.0. The maximum Gasteiger partial charge on any atom is 0.318 e. The van der Waals surface area contributed by atoms with Crippen molar-refractivity contribution in [1.82, 2.24) is 10.3 Å². The lowest BCUT2D eigenvalue weighted by molar-refractivity contribution is -0.433. The van der Waals surface area contributed by atoms with Crippen LogP contribution in [0.4, 0.5) is 4.39 Å². The van der Waals surface area contributed by atoms with Crippen LogP contribution in [0, 0.1) is 27.3 Å². The first-order valence-corrected chi connectivity index (χ1v) is 7.34. The van der Waals surface area contributed by atoms with E-state index in [9.17, 15) is 19.8 Å². The standard InChI is InChI=1S/C17H13FN4O3/c1-20-17-15(22(23)24)14(10-4-6-11(18)7-5-10)12(9-19)16(25-17)13-3-2-8-21-13/h2-8,14,20-21H,1H3. The van der Waals surface area contributed by atoms with Crippen LogP contribution in [-0.2, 0) is 4.74 Å². The molecule has 1 unspecified atom stereocenters. The van der Waals surface area contributed by atoms with E-state index in [4.69, 9.17) is 4.74 Å². The molecule has 8 heteroatoms. The number of H-pyrrole nitrogens is 1. The Hall–Kier alpha value is -3.60. The van der Waals surface area contributed by atoms with Gasteiger partial charge in [0.1, 0.15) is 11.7 Å². The van der Waals surface area contributed by atoms with Gasteiger partial charge in [-0.15, -0.1) is 0 Å². The second kappa shape index (κ2) is 6.49. The van der Waals surface area contributed by atoms with E-state index in [1.54, 1.807) is 18.3 Å². The molecule has 1 aromatic carbocycles. The van der Waals surface area contributed by atoms with Gasteiger partial charge in [0.05, 0.1) is 22.3 Å². The predicted octanol–water partition coefficient (Wildman–Crippen LogP) is 2.87. The van der Waals surface area contributed by atoms with E-state index in [1.165, 1.54) is 31.3 Å². The molecule has 1 aliphatic rings. The van der Waals surface area contributed by atoms with Gasteiger partial charge in [0.2, 0.25) is 0 Å². The minimum Gasteiger partial charge on any atom is -0.432 e. The molecule has 2 heterocycles. The summed E-state index contributed by atoms with van der Waals surface area (Å²) >= 11 is 0. The van der Waals surface area contributed by atoms with Crippen LogP contribution in [0.2, 0.25) is 0 Å². The summed E-state index contributed by atoms with van der Waals surface area (Å²) in [6.07, 6.45) is 1.65. The van der Waals surface area contributed by atoms with Gasteiger partial charge in [0.15, 0.2) is 5.76 Å². The van der Waals surface area contributed by atoms with Gasteiger partial charge in [0.25, 0.3) is 5.88 Å². The Morgan fingerprint density at radius 2 is 2.08 bits per heavy atom. The largest absolute Gasteiger partial charge is 0.432 e. The van der Waals surface area contributed by atoms with E-state index < -0.39 is 16.7 Å². The lowest BCUT2D eigenvalue weighted by atomic mass is 9.86. The topological polar surface area (TPSA) is 104 Å². The van der Waals surface area contributed by atoms with Crippen molar-refractivity contribution in [3.8, 4) is 6.07 Å². The molecule has 2 N–H and O–H groups in total. The number of hydrogen-bond donors (Lipinski definition) is 2. The summed E-state index contributed by atoms with van der Waals surface area (Å²) in [5.74, 6) is -1.34. The number of ether oxygens (including phenoxy) is 1. The molecule has 0 saturated heterocycles. The molecule has 0 radical (unpaired) electrons. The molecule has 7 nitrogen and oxygen atoms in total. The molecule has 126 valence electrons. The van der Waals surface area contributed by atoms with Gasteiger partial charge in [0, 0.05) is 13.2 Å². The third-order valence-electron chi connectivity index (χ3n) is 3.83. The number of hydrogen-bond acceptors (Lipinski definition) is 5. The van der Waals surface area contributed by atoms with Crippen molar-refractivity contribution in [2.45, 2.75) is 5.92 Å². The number of nitro groups is 1. The zero-order valence-corrected chi connectivity index (χ0v) is 13.1. The Morgan fingerprint density at radius 3 is 2.60 bits per heavy atom. The van der Waals surface area contributed by atoms with E-state index in [1.807, 2.05) is 6.07 Å². The number of nitriles is 1. The summed E-state index contributed by atoms with van der Waals surface area (Å²) in [5, 5.41) is 24.0. The highest BCUT2D eigenvalue weighted by atomic mass is 19.1. The molecule has 0 saturated carbocycles. The SMILES string of the molecule is CNC1=C([N+](=O)[O-])C(c2ccc(F)cc2)C(C#N)=C(c2ccc[nH]2)O1. The maximum absolute atomic E-state index is 13.3. The van der Waals surface area contributed by atoms with Crippen LogP contribution in [0.5, 0.6) is 0 Å². The van der Waals surface area contributed by atoms with Gasteiger partial charge in [-0.05, 0) is 29.8 Å². The van der Waals surface area contributed by atoms with Crippen LogP contribution >= 0.6 is 0 Å². The van der Waals surface area contributed by atoms with Crippen LogP contribution in [0.25, 0.3) is 5.76 Å². The quantitative estimate of drug-likeness (QED) is 0.658. The molecule has 1 atom stereocenters. The summed E-state index contributed by atoms with van der Waals surface area (Å²) in [7, 11) is 1.49. The van der Waals surface area contributed by atoms with E-state index in [0.717, 1.165) is 0 Å². The Balaban J connectivity index is 2.26. The fourth-order valence-corrected chi connectivity index (χ4v) is 2.74. The molecule has 0 aliphatic carbocycles. The number of benzene rings is 1. The number of nitrogens with one attached hydrogen (secondary N) is 2. The molecular weight excluding hydrogens is 327 g/mol. The fraction of sp³-hybridized carbons (Fsp3) is 0.118. The lowest BCUT2D eigenvalue weighted by Crippen LogP contribution is -2.26. The Labute approximate surface area is 142 Å². The zero-order valence-electron chi connectivity index (χ0n) is 13.1. The van der Waals surface area contributed by atoms with Gasteiger partial charge in [-0.2, -0.15) is 5.26 Å². The number of aromatic nitrogens is 1. The summed E-state index contributed by atoms with van der Waals surface area (Å²) in [6, 6.07) is 10.7. The highest BCUT2D eigenvalue weighted by Gasteiger charge is 2.42. The van der Waals surface area contributed by atoms with Crippen molar-refractivity contribution in [2.24, 2.45) is 0 Å². The van der Waals surface area contributed by atoms with Crippen LogP contribution in [-0.4, -0.2) is 17.0 Å². The molecule has 25 heavy (non-hydrogen) atoms. The second-order valence-electron chi connectivity index (χ2n) is 5.25. The molecule has 0 amide bonds. The minimum absolute atomic E-state index is 0.0667. The first kappa shape index (κ1) is 16.3. The minimum atomic E-state index is -0.991. The van der Waals surface area contributed by atoms with Crippen molar-refractivity contribution in [2.75, 3.05) is 7.05 Å². The van der Waals surface area contributed by atoms with Gasteiger partial charge >= 0.3 is 5.70 Å². The van der Waals surface area contributed by atoms with E-state index in [0.29, 0.717) is 11.3 Å². The van der Waals surface area contributed by atoms with Crippen LogP contribution < -0.4 is 5.32 Å². The molecular formula is C17H13FN4O3. The number of halogens is 1. The maximum atomic E-state index is 13.3. The normalized spacial score (nSPS) is 17.1. The van der Waals surface area contributed by atoms with Gasteiger partial charge < -0.3 is 15.0 Å². The summed E-state index contributed by atoms with van der Waals surface area (Å²) in [6.45, 7) is 0. The van der Waals surface area contributed by atoms with Crippen molar-refractivity contribution in [3.63, 3.8) is 0 Å². The van der Waals surface area contributed by atoms with Crippen molar-refractivity contribution in [3.05, 3.63) is 86.9 Å². The Bertz CT molecular complexity index is 908. The molecule has 0 bridgehead atoms. The molecule has 2 aromatic rings. The van der Waals surface area contributed by atoms with Gasteiger partial charge in [-0.25, -0.2) is 4.39 Å². The third kappa shape index (κ3) is 2.83. The first-order valence-electron chi connectivity index (χ1n) is 7.34. The number of aromatic amines is 1. The molecule has 3 rings (SSSR count). The van der Waals surface area contributed by atoms with Crippen molar-refractivity contribution in [1.29, 1.82) is 5.26 Å². The lowest BCUT2D eigenvalue weighted by Gasteiger charge is -2.25. The number of nitrogens with zero attached hydrogens (tertiary/aromatic N) is 2. The van der Waals surface area contributed by atoms with E-state index in [2.05, 4.69) is 10.3 Å². The highest BCUT2D eigenvalue weighted by molar-refractivity contribution is 5.70. The van der Waals surface area contributed by atoms with Gasteiger partial charge in [-0.1, -0.05) is 12.1 Å². The van der Waals surface area contributed by atoms with Crippen molar-refractivity contribution < 1.29 is 14.1 Å². The van der Waals surface area contributed by atoms with E-state index in [-0.39, 0.29) is 22.9 Å². The van der Waals surface area contributed by atoms with Crippen LogP contribution in [0.15, 0.2) is 59.7 Å². The smallest absolute Gasteiger partial charge is 0.318 e.